The van der Waals surface area contributed by atoms with Gasteiger partial charge in [0, 0.05) is 18.7 Å². The third-order valence-electron chi connectivity index (χ3n) is 4.67. The molecule has 0 saturated carbocycles. The highest BCUT2D eigenvalue weighted by molar-refractivity contribution is 5.96. The monoisotopic (exact) mass is 395 g/mol. The van der Waals surface area contributed by atoms with E-state index in [9.17, 15) is 9.90 Å². The van der Waals surface area contributed by atoms with Crippen LogP contribution < -0.4 is 5.32 Å². The van der Waals surface area contributed by atoms with Crippen molar-refractivity contribution in [1.29, 1.82) is 0 Å². The standard InChI is InChI=1S/C21H25N5O3/c1-13-5-7-16(8-6-13)17-9-18(21(28)22-14(2)12-27)11-19(10-17)26-20(15(3)29-4)23-24-25-26/h5-11,14-15,27H,12H2,1-4H3,(H,22,28)/t14-,15?/m0/s1. The molecular formula is C21H25N5O3. The molecule has 0 aliphatic carbocycles. The van der Waals surface area contributed by atoms with Gasteiger partial charge in [-0.3, -0.25) is 4.79 Å². The number of aliphatic hydroxyl groups is 1. The number of amides is 1. The summed E-state index contributed by atoms with van der Waals surface area (Å²) in [5.74, 6) is 0.250. The lowest BCUT2D eigenvalue weighted by Gasteiger charge is -2.15. The first kappa shape index (κ1) is 20.6. The van der Waals surface area contributed by atoms with Crippen molar-refractivity contribution in [1.82, 2.24) is 25.5 Å². The number of nitrogens with zero attached hydrogens (tertiary/aromatic N) is 4. The van der Waals surface area contributed by atoms with Crippen LogP contribution in [0.25, 0.3) is 16.8 Å². The topological polar surface area (TPSA) is 102 Å². The molecule has 2 aromatic carbocycles. The second kappa shape index (κ2) is 8.93. The van der Waals surface area contributed by atoms with E-state index in [1.54, 1.807) is 24.8 Å². The maximum Gasteiger partial charge on any atom is 0.251 e. The van der Waals surface area contributed by atoms with Gasteiger partial charge in [0.2, 0.25) is 0 Å². The van der Waals surface area contributed by atoms with Crippen LogP contribution >= 0.6 is 0 Å². The summed E-state index contributed by atoms with van der Waals surface area (Å²) in [6.07, 6.45) is -0.320. The van der Waals surface area contributed by atoms with Crippen LogP contribution in [0.15, 0.2) is 42.5 Å². The number of hydrogen-bond donors (Lipinski definition) is 2. The van der Waals surface area contributed by atoms with E-state index in [1.165, 1.54) is 0 Å². The molecule has 8 heteroatoms. The largest absolute Gasteiger partial charge is 0.394 e. The van der Waals surface area contributed by atoms with E-state index in [0.29, 0.717) is 17.1 Å². The number of hydrogen-bond acceptors (Lipinski definition) is 6. The molecule has 0 spiro atoms. The lowest BCUT2D eigenvalue weighted by Crippen LogP contribution is -2.35. The van der Waals surface area contributed by atoms with E-state index in [-0.39, 0.29) is 24.7 Å². The maximum atomic E-state index is 12.7. The fraction of sp³-hybridized carbons (Fsp3) is 0.333. The Kier molecular flexibility index (Phi) is 6.36. The van der Waals surface area contributed by atoms with E-state index in [2.05, 4.69) is 20.8 Å². The van der Waals surface area contributed by atoms with Crippen molar-refractivity contribution in [3.8, 4) is 16.8 Å². The van der Waals surface area contributed by atoms with Gasteiger partial charge in [-0.05, 0) is 60.5 Å². The van der Waals surface area contributed by atoms with Crippen molar-refractivity contribution < 1.29 is 14.6 Å². The van der Waals surface area contributed by atoms with Crippen LogP contribution in [-0.4, -0.2) is 51.0 Å². The van der Waals surface area contributed by atoms with Crippen LogP contribution in [0.1, 0.15) is 41.7 Å². The number of aromatic nitrogens is 4. The lowest BCUT2D eigenvalue weighted by molar-refractivity contribution is 0.0922. The van der Waals surface area contributed by atoms with E-state index >= 15 is 0 Å². The van der Waals surface area contributed by atoms with Crippen molar-refractivity contribution in [2.45, 2.75) is 32.9 Å². The minimum atomic E-state index is -0.355. The first-order valence-electron chi connectivity index (χ1n) is 9.38. The van der Waals surface area contributed by atoms with Crippen LogP contribution in [0.3, 0.4) is 0 Å². The van der Waals surface area contributed by atoms with Crippen molar-refractivity contribution in [3.05, 3.63) is 59.4 Å². The average molecular weight is 395 g/mol. The Hall–Kier alpha value is -3.10. The number of rotatable bonds is 7. The van der Waals surface area contributed by atoms with Crippen LogP contribution in [0.5, 0.6) is 0 Å². The molecule has 3 aromatic rings. The summed E-state index contributed by atoms with van der Waals surface area (Å²) in [6.45, 7) is 5.47. The summed E-state index contributed by atoms with van der Waals surface area (Å²) in [5.41, 5.74) is 4.07. The van der Waals surface area contributed by atoms with Gasteiger partial charge in [0.15, 0.2) is 5.82 Å². The summed E-state index contributed by atoms with van der Waals surface area (Å²) in [5, 5.41) is 23.9. The molecule has 152 valence electrons. The zero-order chi connectivity index (χ0) is 21.0. The van der Waals surface area contributed by atoms with Gasteiger partial charge in [-0.25, -0.2) is 0 Å². The Labute approximate surface area is 169 Å². The Morgan fingerprint density at radius 2 is 1.90 bits per heavy atom. The molecule has 2 N–H and O–H groups in total. The fourth-order valence-corrected chi connectivity index (χ4v) is 2.87. The number of carbonyl (C=O) groups excluding carboxylic acids is 1. The van der Waals surface area contributed by atoms with Gasteiger partial charge in [0.1, 0.15) is 6.10 Å². The molecule has 0 fully saturated rings. The summed E-state index contributed by atoms with van der Waals surface area (Å²) in [7, 11) is 1.58. The molecule has 0 aliphatic rings. The smallest absolute Gasteiger partial charge is 0.251 e. The van der Waals surface area contributed by atoms with Gasteiger partial charge in [0.05, 0.1) is 12.3 Å². The second-order valence-electron chi connectivity index (χ2n) is 7.02. The average Bonchev–Trinajstić information content (AvgIpc) is 3.23. The number of aliphatic hydroxyl groups excluding tert-OH is 1. The zero-order valence-electron chi connectivity index (χ0n) is 17.0. The molecule has 0 radical (unpaired) electrons. The minimum absolute atomic E-state index is 0.140. The predicted molar refractivity (Wildman–Crippen MR) is 109 cm³/mol. The molecular weight excluding hydrogens is 370 g/mol. The lowest BCUT2D eigenvalue weighted by atomic mass is 10.0. The number of benzene rings is 2. The Balaban J connectivity index is 2.12. The van der Waals surface area contributed by atoms with Gasteiger partial charge < -0.3 is 15.2 Å². The normalized spacial score (nSPS) is 13.1. The molecule has 1 unspecified atom stereocenters. The van der Waals surface area contributed by atoms with Crippen molar-refractivity contribution in [2.75, 3.05) is 13.7 Å². The molecule has 29 heavy (non-hydrogen) atoms. The van der Waals surface area contributed by atoms with Crippen molar-refractivity contribution in [3.63, 3.8) is 0 Å². The molecule has 8 nitrogen and oxygen atoms in total. The fourth-order valence-electron chi connectivity index (χ4n) is 2.87. The van der Waals surface area contributed by atoms with Crippen LogP contribution in [-0.2, 0) is 4.74 Å². The SMILES string of the molecule is COC(C)c1nnnn1-c1cc(C(=O)N[C@@H](C)CO)cc(-c2ccc(C)cc2)c1. The molecule has 0 aliphatic heterocycles. The van der Waals surface area contributed by atoms with Crippen molar-refractivity contribution >= 4 is 5.91 Å². The third kappa shape index (κ3) is 4.67. The summed E-state index contributed by atoms with van der Waals surface area (Å²) >= 11 is 0. The van der Waals surface area contributed by atoms with Gasteiger partial charge >= 0.3 is 0 Å². The van der Waals surface area contributed by atoms with Crippen LogP contribution in [0, 0.1) is 6.92 Å². The summed E-state index contributed by atoms with van der Waals surface area (Å²) in [6, 6.07) is 13.2. The van der Waals surface area contributed by atoms with Gasteiger partial charge in [-0.2, -0.15) is 4.68 Å². The first-order chi connectivity index (χ1) is 13.9. The van der Waals surface area contributed by atoms with E-state index in [1.807, 2.05) is 50.2 Å². The number of methoxy groups -OCH3 is 1. The van der Waals surface area contributed by atoms with Gasteiger partial charge in [-0.1, -0.05) is 29.8 Å². The number of ether oxygens (including phenoxy) is 1. The summed E-state index contributed by atoms with van der Waals surface area (Å²) in [4.78, 5) is 12.7. The van der Waals surface area contributed by atoms with Crippen LogP contribution in [0.2, 0.25) is 0 Å². The highest BCUT2D eigenvalue weighted by Gasteiger charge is 2.18. The molecule has 1 amide bonds. The third-order valence-corrected chi connectivity index (χ3v) is 4.67. The number of aryl methyl sites for hydroxylation is 1. The molecule has 2 atom stereocenters. The number of nitrogens with one attached hydrogen (secondary N) is 1. The van der Waals surface area contributed by atoms with Crippen LogP contribution in [0.4, 0.5) is 0 Å². The van der Waals surface area contributed by atoms with E-state index in [4.69, 9.17) is 4.74 Å². The molecule has 3 rings (SSSR count). The Morgan fingerprint density at radius 1 is 1.17 bits per heavy atom. The van der Waals surface area contributed by atoms with Gasteiger partial charge in [0.25, 0.3) is 5.91 Å². The highest BCUT2D eigenvalue weighted by Crippen LogP contribution is 2.26. The molecule has 1 heterocycles. The minimum Gasteiger partial charge on any atom is -0.394 e. The Bertz CT molecular complexity index is 984. The first-order valence-corrected chi connectivity index (χ1v) is 9.38. The van der Waals surface area contributed by atoms with Crippen molar-refractivity contribution in [2.24, 2.45) is 0 Å². The molecule has 0 bridgehead atoms. The Morgan fingerprint density at radius 3 is 2.55 bits per heavy atom. The van der Waals surface area contributed by atoms with E-state index < -0.39 is 0 Å². The zero-order valence-corrected chi connectivity index (χ0v) is 17.0. The maximum absolute atomic E-state index is 12.7. The number of tetrazole rings is 1. The van der Waals surface area contributed by atoms with Gasteiger partial charge in [-0.15, -0.1) is 5.10 Å². The molecule has 0 saturated heterocycles. The van der Waals surface area contributed by atoms with E-state index in [0.717, 1.165) is 16.7 Å². The highest BCUT2D eigenvalue weighted by atomic mass is 16.5. The quantitative estimate of drug-likeness (QED) is 0.637. The molecule has 1 aromatic heterocycles. The number of carbonyl (C=O) groups is 1. The second-order valence-corrected chi connectivity index (χ2v) is 7.02. The summed E-state index contributed by atoms with van der Waals surface area (Å²) < 4.78 is 6.93. The predicted octanol–water partition coefficient (Wildman–Crippen LogP) is 2.46.